The van der Waals surface area contributed by atoms with Gasteiger partial charge in [-0.1, -0.05) is 18.9 Å². The van der Waals surface area contributed by atoms with Crippen LogP contribution in [0.1, 0.15) is 73.3 Å². The number of carbonyl (C=O) groups is 1. The van der Waals surface area contributed by atoms with E-state index in [1.807, 2.05) is 20.8 Å². The van der Waals surface area contributed by atoms with Gasteiger partial charge in [0.15, 0.2) is 0 Å². The number of allylic oxidation sites excluding steroid dienone is 2. The average molecular weight is 464 g/mol. The van der Waals surface area contributed by atoms with E-state index in [2.05, 4.69) is 5.10 Å². The Morgan fingerprint density at radius 2 is 1.81 bits per heavy atom. The molecule has 0 saturated heterocycles. The van der Waals surface area contributed by atoms with Gasteiger partial charge in [-0.2, -0.15) is 13.5 Å². The van der Waals surface area contributed by atoms with Gasteiger partial charge in [0.1, 0.15) is 5.56 Å². The molecular formula is C22H29N3O6S. The molecule has 0 aliphatic rings. The Labute approximate surface area is 188 Å². The van der Waals surface area contributed by atoms with Gasteiger partial charge in [0.2, 0.25) is 11.7 Å². The number of ketones is 1. The van der Waals surface area contributed by atoms with Crippen molar-refractivity contribution in [3.05, 3.63) is 55.8 Å². The average Bonchev–Trinajstić information content (AvgIpc) is 2.97. The lowest BCUT2D eigenvalue weighted by molar-refractivity contribution is -0.385. The minimum absolute atomic E-state index is 0.0188. The van der Waals surface area contributed by atoms with E-state index in [1.54, 1.807) is 20.8 Å². The number of carbonyl (C=O) groups excluding carboxylic acids is 1. The van der Waals surface area contributed by atoms with Crippen molar-refractivity contribution in [2.24, 2.45) is 7.05 Å². The monoisotopic (exact) mass is 463 g/mol. The third-order valence-corrected chi connectivity index (χ3v) is 6.56. The SMILES string of the molecule is CCCCS(=O)(=O)Oc1c(C(=O)c2ccc([N+](=O)[O-])c(C(C)=C(C)C)c2C)c(C)nn1C. The third-order valence-electron chi connectivity index (χ3n) is 5.36. The Kier molecular flexibility index (Phi) is 7.61. The number of nitro benzene ring substituents is 1. The van der Waals surface area contributed by atoms with Gasteiger partial charge in [0.25, 0.3) is 5.69 Å². The van der Waals surface area contributed by atoms with Crippen molar-refractivity contribution in [2.75, 3.05) is 5.75 Å². The van der Waals surface area contributed by atoms with Crippen LogP contribution in [0.3, 0.4) is 0 Å². The highest BCUT2D eigenvalue weighted by Crippen LogP contribution is 2.35. The fourth-order valence-corrected chi connectivity index (χ4v) is 4.59. The van der Waals surface area contributed by atoms with E-state index < -0.39 is 20.8 Å². The first-order valence-corrected chi connectivity index (χ1v) is 11.8. The van der Waals surface area contributed by atoms with Gasteiger partial charge in [-0.05, 0) is 58.2 Å². The molecule has 1 aromatic heterocycles. The van der Waals surface area contributed by atoms with Crippen molar-refractivity contribution in [1.82, 2.24) is 9.78 Å². The number of aromatic nitrogens is 2. The molecule has 1 heterocycles. The zero-order valence-corrected chi connectivity index (χ0v) is 20.3. The molecule has 0 N–H and O–H groups in total. The molecule has 174 valence electrons. The van der Waals surface area contributed by atoms with Crippen LogP contribution in [0.4, 0.5) is 5.69 Å². The van der Waals surface area contributed by atoms with Crippen molar-refractivity contribution < 1.29 is 22.3 Å². The molecule has 2 rings (SSSR count). The van der Waals surface area contributed by atoms with Gasteiger partial charge < -0.3 is 4.18 Å². The highest BCUT2D eigenvalue weighted by Gasteiger charge is 2.30. The second-order valence-electron chi connectivity index (χ2n) is 7.93. The molecule has 10 heteroatoms. The highest BCUT2D eigenvalue weighted by molar-refractivity contribution is 7.87. The number of rotatable bonds is 9. The lowest BCUT2D eigenvalue weighted by Gasteiger charge is -2.14. The summed E-state index contributed by atoms with van der Waals surface area (Å²) in [7, 11) is -2.42. The number of hydrogen-bond donors (Lipinski definition) is 0. The Balaban J connectivity index is 2.68. The molecule has 0 atom stereocenters. The van der Waals surface area contributed by atoms with E-state index in [4.69, 9.17) is 4.18 Å². The van der Waals surface area contributed by atoms with Crippen LogP contribution < -0.4 is 4.18 Å². The fourth-order valence-electron chi connectivity index (χ4n) is 3.43. The maximum Gasteiger partial charge on any atom is 0.310 e. The third kappa shape index (κ3) is 5.07. The first-order valence-electron chi connectivity index (χ1n) is 10.2. The predicted octanol–water partition coefficient (Wildman–Crippen LogP) is 4.50. The minimum atomic E-state index is -3.91. The van der Waals surface area contributed by atoms with E-state index in [0.29, 0.717) is 35.2 Å². The summed E-state index contributed by atoms with van der Waals surface area (Å²) >= 11 is 0. The highest BCUT2D eigenvalue weighted by atomic mass is 32.2. The first-order chi connectivity index (χ1) is 14.8. The summed E-state index contributed by atoms with van der Waals surface area (Å²) in [6, 6.07) is 2.69. The Bertz CT molecular complexity index is 1200. The molecule has 1 aromatic carbocycles. The fraction of sp³-hybridized carbons (Fsp3) is 0.455. The second-order valence-corrected chi connectivity index (χ2v) is 9.62. The molecule has 0 bridgehead atoms. The molecule has 0 amide bonds. The Hall–Kier alpha value is -3.01. The molecule has 0 unspecified atom stereocenters. The van der Waals surface area contributed by atoms with Gasteiger partial charge in [-0.3, -0.25) is 14.9 Å². The molecular weight excluding hydrogens is 434 g/mol. The summed E-state index contributed by atoms with van der Waals surface area (Å²) in [4.78, 5) is 24.7. The van der Waals surface area contributed by atoms with E-state index in [0.717, 1.165) is 5.57 Å². The number of unbranched alkanes of at least 4 members (excludes halogenated alkanes) is 1. The van der Waals surface area contributed by atoms with Crippen molar-refractivity contribution >= 4 is 27.2 Å². The molecule has 9 nitrogen and oxygen atoms in total. The topological polar surface area (TPSA) is 121 Å². The summed E-state index contributed by atoms with van der Waals surface area (Å²) in [5, 5.41) is 15.8. The molecule has 32 heavy (non-hydrogen) atoms. The molecule has 0 fully saturated rings. The number of aryl methyl sites for hydroxylation is 2. The van der Waals surface area contributed by atoms with Crippen LogP contribution >= 0.6 is 0 Å². The van der Waals surface area contributed by atoms with Crippen molar-refractivity contribution in [3.8, 4) is 5.88 Å². The van der Waals surface area contributed by atoms with Gasteiger partial charge >= 0.3 is 10.1 Å². The van der Waals surface area contributed by atoms with Crippen LogP contribution in [0, 0.1) is 24.0 Å². The van der Waals surface area contributed by atoms with E-state index >= 15 is 0 Å². The zero-order valence-electron chi connectivity index (χ0n) is 19.5. The van der Waals surface area contributed by atoms with Crippen LogP contribution in [0.25, 0.3) is 5.57 Å². The Morgan fingerprint density at radius 1 is 1.19 bits per heavy atom. The summed E-state index contributed by atoms with van der Waals surface area (Å²) in [5.74, 6) is -0.852. The molecule has 0 aliphatic carbocycles. The number of nitrogens with zero attached hydrogens (tertiary/aromatic N) is 3. The molecule has 0 spiro atoms. The quantitative estimate of drug-likeness (QED) is 0.232. The van der Waals surface area contributed by atoms with E-state index in [-0.39, 0.29) is 28.4 Å². The zero-order chi connectivity index (χ0) is 24.4. The largest absolute Gasteiger partial charge is 0.361 e. The predicted molar refractivity (Wildman–Crippen MR) is 122 cm³/mol. The smallest absolute Gasteiger partial charge is 0.310 e. The van der Waals surface area contributed by atoms with E-state index in [1.165, 1.54) is 23.9 Å². The maximum atomic E-state index is 13.5. The summed E-state index contributed by atoms with van der Waals surface area (Å²) < 4.78 is 31.3. The summed E-state index contributed by atoms with van der Waals surface area (Å²) in [5.41, 5.74) is 2.83. The molecule has 0 radical (unpaired) electrons. The van der Waals surface area contributed by atoms with Crippen molar-refractivity contribution in [1.29, 1.82) is 0 Å². The van der Waals surface area contributed by atoms with Crippen molar-refractivity contribution in [3.63, 3.8) is 0 Å². The van der Waals surface area contributed by atoms with Gasteiger partial charge in [-0.25, -0.2) is 4.68 Å². The van der Waals surface area contributed by atoms with Crippen LogP contribution in [0.15, 0.2) is 17.7 Å². The lowest BCUT2D eigenvalue weighted by atomic mass is 9.90. The summed E-state index contributed by atoms with van der Waals surface area (Å²) in [6.07, 6.45) is 1.10. The Morgan fingerprint density at radius 3 is 2.34 bits per heavy atom. The number of nitro groups is 1. The van der Waals surface area contributed by atoms with Crippen LogP contribution in [0.2, 0.25) is 0 Å². The van der Waals surface area contributed by atoms with Gasteiger partial charge in [0, 0.05) is 18.7 Å². The van der Waals surface area contributed by atoms with Crippen molar-refractivity contribution in [2.45, 2.75) is 54.4 Å². The minimum Gasteiger partial charge on any atom is -0.361 e. The normalized spacial score (nSPS) is 11.3. The maximum absolute atomic E-state index is 13.5. The number of hydrogen-bond acceptors (Lipinski definition) is 7. The first kappa shape index (κ1) is 25.3. The summed E-state index contributed by atoms with van der Waals surface area (Å²) in [6.45, 7) is 10.5. The van der Waals surface area contributed by atoms with Gasteiger partial charge in [-0.15, -0.1) is 0 Å². The van der Waals surface area contributed by atoms with E-state index in [9.17, 15) is 23.3 Å². The molecule has 0 saturated carbocycles. The van der Waals surface area contributed by atoms with Gasteiger partial charge in [0.05, 0.1) is 21.9 Å². The lowest BCUT2D eigenvalue weighted by Crippen LogP contribution is -2.18. The van der Waals surface area contributed by atoms with Crippen LogP contribution in [-0.2, 0) is 17.2 Å². The molecule has 2 aromatic rings. The molecule has 0 aliphatic heterocycles. The second kappa shape index (κ2) is 9.64. The number of benzene rings is 1. The van der Waals surface area contributed by atoms with Crippen LogP contribution in [0.5, 0.6) is 5.88 Å². The van der Waals surface area contributed by atoms with Crippen LogP contribution in [-0.4, -0.2) is 34.7 Å². The standard InChI is InChI=1S/C22H29N3O6S/c1-8-9-12-32(29,30)31-22-20(16(6)23-24(22)7)21(26)17-10-11-18(25(27)28)19(15(17)5)14(4)13(2)3/h10-11H,8-9,12H2,1-7H3.